The lowest BCUT2D eigenvalue weighted by Crippen LogP contribution is -2.29. The van der Waals surface area contributed by atoms with Gasteiger partial charge in [0, 0.05) is 17.4 Å². The maximum Gasteiger partial charge on any atom is 0.248 e. The van der Waals surface area contributed by atoms with Crippen molar-refractivity contribution in [2.24, 2.45) is 5.92 Å². The van der Waals surface area contributed by atoms with Crippen LogP contribution < -0.4 is 10.9 Å². The van der Waals surface area contributed by atoms with Gasteiger partial charge in [-0.3, -0.25) is 9.69 Å². The van der Waals surface area contributed by atoms with Crippen molar-refractivity contribution in [2.45, 2.75) is 84.3 Å². The summed E-state index contributed by atoms with van der Waals surface area (Å²) in [6.45, 7) is 9.23. The lowest BCUT2D eigenvalue weighted by atomic mass is 9.90. The van der Waals surface area contributed by atoms with Crippen LogP contribution in [-0.4, -0.2) is 51.8 Å². The van der Waals surface area contributed by atoms with Gasteiger partial charge in [-0.05, 0) is 77.5 Å². The Labute approximate surface area is 250 Å². The minimum Gasteiger partial charge on any atom is -0.506 e. The first-order chi connectivity index (χ1) is 20.2. The molecular weight excluding hydrogens is 528 g/mol. The Balaban J connectivity index is 1.21. The molecule has 8 heteroatoms. The predicted molar refractivity (Wildman–Crippen MR) is 171 cm³/mol. The number of nitrogens with zero attached hydrogens (tertiary/aromatic N) is 2. The molecule has 0 radical (unpaired) electrons. The molecule has 2 atom stereocenters. The number of benzene rings is 1. The molecule has 0 fully saturated rings. The van der Waals surface area contributed by atoms with Crippen LogP contribution in [-0.2, 0) is 18.6 Å². The summed E-state index contributed by atoms with van der Waals surface area (Å²) < 4.78 is 5.92. The second-order valence-electron chi connectivity index (χ2n) is 11.5. The highest BCUT2D eigenvalue weighted by molar-refractivity contribution is 5.87. The Morgan fingerprint density at radius 2 is 1.81 bits per heavy atom. The molecule has 0 saturated carbocycles. The fourth-order valence-electron chi connectivity index (χ4n) is 5.06. The number of hydrogen-bond acceptors (Lipinski definition) is 7. The third-order valence-corrected chi connectivity index (χ3v) is 7.93. The molecular formula is C34H50N4O4. The topological polar surface area (TPSA) is 115 Å². The Hall–Kier alpha value is -3.20. The number of oxazole rings is 1. The van der Waals surface area contributed by atoms with Crippen LogP contribution in [0.3, 0.4) is 0 Å². The molecule has 2 aromatic heterocycles. The van der Waals surface area contributed by atoms with Gasteiger partial charge in [0.25, 0.3) is 0 Å². The number of pyridine rings is 1. The minimum absolute atomic E-state index is 0.109. The van der Waals surface area contributed by atoms with Gasteiger partial charge < -0.3 is 24.9 Å². The molecule has 0 aliphatic heterocycles. The summed E-state index contributed by atoms with van der Waals surface area (Å²) >= 11 is 0. The van der Waals surface area contributed by atoms with Crippen LogP contribution in [0.2, 0.25) is 0 Å². The van der Waals surface area contributed by atoms with E-state index in [-0.39, 0.29) is 17.2 Å². The summed E-state index contributed by atoms with van der Waals surface area (Å²) in [7, 11) is 2.10. The molecule has 0 aliphatic carbocycles. The van der Waals surface area contributed by atoms with Crippen molar-refractivity contribution >= 4 is 10.9 Å². The monoisotopic (exact) mass is 578 g/mol. The van der Waals surface area contributed by atoms with Crippen molar-refractivity contribution in [3.63, 3.8) is 0 Å². The summed E-state index contributed by atoms with van der Waals surface area (Å²) in [5.74, 6) is 1.13. The number of aliphatic hydroxyl groups is 1. The molecule has 4 N–H and O–H groups in total. The summed E-state index contributed by atoms with van der Waals surface area (Å²) in [6.07, 6.45) is 18.9. The van der Waals surface area contributed by atoms with Gasteiger partial charge in [-0.1, -0.05) is 69.4 Å². The van der Waals surface area contributed by atoms with E-state index >= 15 is 0 Å². The molecule has 2 unspecified atom stereocenters. The number of hydrogen-bond donors (Lipinski definition) is 4. The fraction of sp³-hybridized carbons (Fsp3) is 0.529. The molecule has 0 spiro atoms. The highest BCUT2D eigenvalue weighted by Crippen LogP contribution is 2.30. The number of aromatic hydroxyl groups is 1. The van der Waals surface area contributed by atoms with E-state index in [1.54, 1.807) is 25.3 Å². The van der Waals surface area contributed by atoms with Gasteiger partial charge in [0.1, 0.15) is 17.1 Å². The Morgan fingerprint density at radius 1 is 1.07 bits per heavy atom. The van der Waals surface area contributed by atoms with Gasteiger partial charge in [-0.15, -0.1) is 0 Å². The Kier molecular flexibility index (Phi) is 13.5. The Bertz CT molecular complexity index is 1340. The number of phenols is 1. The number of rotatable bonds is 19. The van der Waals surface area contributed by atoms with Crippen LogP contribution in [0.15, 0.2) is 64.0 Å². The van der Waals surface area contributed by atoms with Crippen LogP contribution in [0.4, 0.5) is 0 Å². The quantitative estimate of drug-likeness (QED) is 0.0990. The average molecular weight is 579 g/mol. The third kappa shape index (κ3) is 10.3. The molecule has 3 aromatic rings. The van der Waals surface area contributed by atoms with E-state index in [0.29, 0.717) is 18.0 Å². The lowest BCUT2D eigenvalue weighted by molar-refractivity contribution is -0.00707. The van der Waals surface area contributed by atoms with Crippen LogP contribution in [0, 0.1) is 5.92 Å². The van der Waals surface area contributed by atoms with Crippen LogP contribution in [0.1, 0.15) is 82.9 Å². The Morgan fingerprint density at radius 3 is 2.57 bits per heavy atom. The molecule has 42 heavy (non-hydrogen) atoms. The zero-order valence-electron chi connectivity index (χ0n) is 25.9. The maximum atomic E-state index is 11.6. The molecule has 1 aromatic carbocycles. The molecule has 2 heterocycles. The van der Waals surface area contributed by atoms with Crippen LogP contribution in [0.5, 0.6) is 5.75 Å². The highest BCUT2D eigenvalue weighted by Gasteiger charge is 2.34. The first kappa shape index (κ1) is 33.3. The van der Waals surface area contributed by atoms with E-state index in [4.69, 9.17) is 4.42 Å². The van der Waals surface area contributed by atoms with E-state index in [1.165, 1.54) is 44.6 Å². The second kappa shape index (κ2) is 17.0. The number of allylic oxidation sites excluding steroid dienone is 3. The van der Waals surface area contributed by atoms with Gasteiger partial charge in [0.2, 0.25) is 11.4 Å². The number of aromatic nitrogens is 2. The molecule has 0 bridgehead atoms. The number of nitrogens with one attached hydrogen (secondary N) is 2. The van der Waals surface area contributed by atoms with Crippen molar-refractivity contribution in [1.29, 1.82) is 0 Å². The zero-order chi connectivity index (χ0) is 30.4. The predicted octanol–water partition coefficient (Wildman–Crippen LogP) is 6.19. The molecule has 0 aliphatic rings. The number of unbranched alkanes of at least 4 members (excludes halogenated alkanes) is 6. The van der Waals surface area contributed by atoms with Gasteiger partial charge in [0.15, 0.2) is 0 Å². The normalized spacial score (nSPS) is 14.4. The van der Waals surface area contributed by atoms with Crippen LogP contribution in [0.25, 0.3) is 10.9 Å². The van der Waals surface area contributed by atoms with Crippen molar-refractivity contribution in [3.8, 4) is 5.75 Å². The zero-order valence-corrected chi connectivity index (χ0v) is 25.9. The SMILES string of the molecule is C/C=C\C=C/C(C)C(C)(O)c1ncc(CN(C)CCCCCCCCCNCCc2ccc(O)c3[nH]c(=O)ccc23)o1. The molecule has 230 valence electrons. The summed E-state index contributed by atoms with van der Waals surface area (Å²) in [4.78, 5) is 20.9. The maximum absolute atomic E-state index is 11.6. The van der Waals surface area contributed by atoms with E-state index in [9.17, 15) is 15.0 Å². The number of aromatic amines is 1. The molecule has 0 saturated heterocycles. The smallest absolute Gasteiger partial charge is 0.248 e. The first-order valence-corrected chi connectivity index (χ1v) is 15.4. The van der Waals surface area contributed by atoms with Crippen molar-refractivity contribution in [2.75, 3.05) is 26.7 Å². The largest absolute Gasteiger partial charge is 0.506 e. The van der Waals surface area contributed by atoms with Crippen molar-refractivity contribution < 1.29 is 14.6 Å². The van der Waals surface area contributed by atoms with Gasteiger partial charge in [-0.2, -0.15) is 0 Å². The van der Waals surface area contributed by atoms with Crippen molar-refractivity contribution in [3.05, 3.63) is 82.3 Å². The summed E-state index contributed by atoms with van der Waals surface area (Å²) in [5, 5.41) is 25.4. The number of fused-ring (bicyclic) bond motifs is 1. The van der Waals surface area contributed by atoms with Crippen molar-refractivity contribution in [1.82, 2.24) is 20.2 Å². The third-order valence-electron chi connectivity index (χ3n) is 7.93. The standard InChI is InChI=1S/C34H50N4O4/c1-5-6-12-15-26(2)34(3,41)33-36-24-28(42-33)25-38(4)23-14-11-9-7-8-10-13-21-35-22-20-27-16-18-30(39)32-29(27)17-19-31(40)37-32/h5-6,12,15-19,24,26,35,39,41H,7-11,13-14,20-23,25H2,1-4H3,(H,37,40)/b6-5-,15-12-. The fourth-order valence-corrected chi connectivity index (χ4v) is 5.06. The highest BCUT2D eigenvalue weighted by atomic mass is 16.4. The summed E-state index contributed by atoms with van der Waals surface area (Å²) in [6, 6.07) is 6.87. The van der Waals surface area contributed by atoms with Gasteiger partial charge >= 0.3 is 0 Å². The number of phenolic OH excluding ortho intramolecular Hbond substituents is 1. The lowest BCUT2D eigenvalue weighted by Gasteiger charge is -2.24. The van der Waals surface area contributed by atoms with E-state index in [1.807, 2.05) is 44.2 Å². The summed E-state index contributed by atoms with van der Waals surface area (Å²) in [5.41, 5.74) is 0.274. The average Bonchev–Trinajstić information content (AvgIpc) is 3.44. The van der Waals surface area contributed by atoms with E-state index < -0.39 is 5.60 Å². The van der Waals surface area contributed by atoms with E-state index in [2.05, 4.69) is 27.2 Å². The van der Waals surface area contributed by atoms with Crippen LogP contribution >= 0.6 is 0 Å². The van der Waals surface area contributed by atoms with Gasteiger partial charge in [0.05, 0.1) is 18.3 Å². The molecule has 3 rings (SSSR count). The minimum atomic E-state index is -1.16. The molecule has 8 nitrogen and oxygen atoms in total. The molecule has 0 amide bonds. The first-order valence-electron chi connectivity index (χ1n) is 15.4. The number of H-pyrrole nitrogens is 1. The van der Waals surface area contributed by atoms with E-state index in [0.717, 1.165) is 49.2 Å². The second-order valence-corrected chi connectivity index (χ2v) is 11.5. The van der Waals surface area contributed by atoms with Gasteiger partial charge in [-0.25, -0.2) is 4.98 Å².